The SMILES string of the molecule is COc1ccc(-n2nc(C=Cc3ccc(OC)cc3OC)cc2-c2ccc(OC)cc2OC)cc1. The monoisotopic (exact) mass is 472 g/mol. The number of aromatic nitrogens is 2. The fourth-order valence-corrected chi connectivity index (χ4v) is 3.73. The van der Waals surface area contributed by atoms with Crippen molar-refractivity contribution in [2.45, 2.75) is 0 Å². The highest BCUT2D eigenvalue weighted by Crippen LogP contribution is 2.35. The molecular formula is C28H28N2O5. The fourth-order valence-electron chi connectivity index (χ4n) is 3.73. The second kappa shape index (κ2) is 10.7. The Morgan fingerprint density at radius 2 is 1.20 bits per heavy atom. The number of ether oxygens (including phenoxy) is 5. The van der Waals surface area contributed by atoms with Crippen LogP contribution in [0, 0.1) is 0 Å². The third-order valence-electron chi connectivity index (χ3n) is 5.60. The molecule has 0 N–H and O–H groups in total. The Labute approximate surface area is 205 Å². The summed E-state index contributed by atoms with van der Waals surface area (Å²) in [7, 11) is 8.19. The molecule has 0 fully saturated rings. The zero-order chi connectivity index (χ0) is 24.8. The quantitative estimate of drug-likeness (QED) is 0.309. The molecule has 0 aliphatic carbocycles. The molecule has 4 aromatic rings. The van der Waals surface area contributed by atoms with Gasteiger partial charge < -0.3 is 23.7 Å². The summed E-state index contributed by atoms with van der Waals surface area (Å²) in [5.41, 5.74) is 4.33. The van der Waals surface area contributed by atoms with Crippen LogP contribution in [0.5, 0.6) is 28.7 Å². The summed E-state index contributed by atoms with van der Waals surface area (Å²) < 4.78 is 29.1. The van der Waals surface area contributed by atoms with Crippen LogP contribution in [0.25, 0.3) is 29.1 Å². The topological polar surface area (TPSA) is 64.0 Å². The molecule has 0 amide bonds. The van der Waals surface area contributed by atoms with Crippen molar-refractivity contribution in [2.24, 2.45) is 0 Å². The molecule has 7 heteroatoms. The molecule has 3 aromatic carbocycles. The van der Waals surface area contributed by atoms with E-state index in [1.807, 2.05) is 83.6 Å². The minimum Gasteiger partial charge on any atom is -0.497 e. The van der Waals surface area contributed by atoms with E-state index in [-0.39, 0.29) is 0 Å². The lowest BCUT2D eigenvalue weighted by molar-refractivity contribution is 0.393. The van der Waals surface area contributed by atoms with Crippen molar-refractivity contribution in [3.63, 3.8) is 0 Å². The lowest BCUT2D eigenvalue weighted by Gasteiger charge is -2.12. The molecule has 0 unspecified atom stereocenters. The molecular weight excluding hydrogens is 444 g/mol. The van der Waals surface area contributed by atoms with E-state index in [2.05, 4.69) is 0 Å². The van der Waals surface area contributed by atoms with Gasteiger partial charge in [-0.05, 0) is 66.7 Å². The highest BCUT2D eigenvalue weighted by molar-refractivity contribution is 5.76. The van der Waals surface area contributed by atoms with E-state index in [4.69, 9.17) is 28.8 Å². The van der Waals surface area contributed by atoms with Gasteiger partial charge in [0.05, 0.1) is 52.6 Å². The molecule has 0 saturated carbocycles. The van der Waals surface area contributed by atoms with E-state index in [0.717, 1.165) is 39.7 Å². The van der Waals surface area contributed by atoms with Gasteiger partial charge in [0.25, 0.3) is 0 Å². The van der Waals surface area contributed by atoms with Gasteiger partial charge in [-0.25, -0.2) is 4.68 Å². The summed E-state index contributed by atoms with van der Waals surface area (Å²) in [5.74, 6) is 3.62. The van der Waals surface area contributed by atoms with E-state index in [9.17, 15) is 0 Å². The van der Waals surface area contributed by atoms with Gasteiger partial charge in [0.1, 0.15) is 28.7 Å². The van der Waals surface area contributed by atoms with Crippen LogP contribution in [0.4, 0.5) is 0 Å². The number of hydrogen-bond donors (Lipinski definition) is 0. The molecule has 180 valence electrons. The maximum Gasteiger partial charge on any atom is 0.131 e. The maximum atomic E-state index is 5.67. The second-order valence-corrected chi connectivity index (χ2v) is 7.57. The third kappa shape index (κ3) is 5.09. The molecule has 0 saturated heterocycles. The summed E-state index contributed by atoms with van der Waals surface area (Å²) in [6.45, 7) is 0. The largest absolute Gasteiger partial charge is 0.497 e. The summed E-state index contributed by atoms with van der Waals surface area (Å²) >= 11 is 0. The van der Waals surface area contributed by atoms with Crippen molar-refractivity contribution in [3.05, 3.63) is 78.0 Å². The Morgan fingerprint density at radius 3 is 1.83 bits per heavy atom. The Morgan fingerprint density at radius 1 is 0.600 bits per heavy atom. The van der Waals surface area contributed by atoms with Crippen LogP contribution in [-0.2, 0) is 0 Å². The van der Waals surface area contributed by atoms with Crippen molar-refractivity contribution in [1.29, 1.82) is 0 Å². The molecule has 0 atom stereocenters. The van der Waals surface area contributed by atoms with Crippen molar-refractivity contribution in [2.75, 3.05) is 35.5 Å². The number of rotatable bonds is 9. The zero-order valence-corrected chi connectivity index (χ0v) is 20.4. The first-order valence-electron chi connectivity index (χ1n) is 11.0. The predicted molar refractivity (Wildman–Crippen MR) is 137 cm³/mol. The average Bonchev–Trinajstić information content (AvgIpc) is 3.35. The van der Waals surface area contributed by atoms with Crippen LogP contribution in [0.15, 0.2) is 66.7 Å². The molecule has 0 aliphatic rings. The van der Waals surface area contributed by atoms with E-state index >= 15 is 0 Å². The normalized spacial score (nSPS) is 10.9. The van der Waals surface area contributed by atoms with Gasteiger partial charge in [0, 0.05) is 23.3 Å². The van der Waals surface area contributed by atoms with Gasteiger partial charge >= 0.3 is 0 Å². The van der Waals surface area contributed by atoms with Crippen LogP contribution in [-0.4, -0.2) is 45.3 Å². The minimum absolute atomic E-state index is 0.686. The molecule has 1 heterocycles. The molecule has 0 radical (unpaired) electrons. The summed E-state index contributed by atoms with van der Waals surface area (Å²) in [6, 6.07) is 21.2. The maximum absolute atomic E-state index is 5.67. The van der Waals surface area contributed by atoms with Gasteiger partial charge in [0.15, 0.2) is 0 Å². The predicted octanol–water partition coefficient (Wildman–Crippen LogP) is 5.75. The molecule has 0 spiro atoms. The van der Waals surface area contributed by atoms with Gasteiger partial charge in [-0.2, -0.15) is 5.10 Å². The van der Waals surface area contributed by atoms with Crippen LogP contribution < -0.4 is 23.7 Å². The van der Waals surface area contributed by atoms with E-state index in [0.29, 0.717) is 17.2 Å². The van der Waals surface area contributed by atoms with Gasteiger partial charge in [-0.15, -0.1) is 0 Å². The van der Waals surface area contributed by atoms with Crippen LogP contribution in [0.1, 0.15) is 11.3 Å². The highest BCUT2D eigenvalue weighted by atomic mass is 16.5. The lowest BCUT2D eigenvalue weighted by Crippen LogP contribution is -2.00. The Bertz CT molecular complexity index is 1330. The van der Waals surface area contributed by atoms with Crippen molar-refractivity contribution >= 4 is 12.2 Å². The Balaban J connectivity index is 1.80. The first kappa shape index (κ1) is 23.8. The third-order valence-corrected chi connectivity index (χ3v) is 5.60. The average molecular weight is 473 g/mol. The highest BCUT2D eigenvalue weighted by Gasteiger charge is 2.16. The van der Waals surface area contributed by atoms with Crippen LogP contribution in [0.2, 0.25) is 0 Å². The Kier molecular flexibility index (Phi) is 7.26. The van der Waals surface area contributed by atoms with Gasteiger partial charge in [-0.1, -0.05) is 0 Å². The molecule has 7 nitrogen and oxygen atoms in total. The first-order valence-corrected chi connectivity index (χ1v) is 11.0. The molecule has 0 aliphatic heterocycles. The number of methoxy groups -OCH3 is 5. The van der Waals surface area contributed by atoms with E-state index in [1.54, 1.807) is 35.5 Å². The Hall–Kier alpha value is -4.39. The lowest BCUT2D eigenvalue weighted by atomic mass is 10.1. The number of nitrogens with zero attached hydrogens (tertiary/aromatic N) is 2. The van der Waals surface area contributed by atoms with Gasteiger partial charge in [-0.3, -0.25) is 0 Å². The van der Waals surface area contributed by atoms with Crippen molar-refractivity contribution in [3.8, 4) is 45.7 Å². The summed E-state index contributed by atoms with van der Waals surface area (Å²) in [4.78, 5) is 0. The fraction of sp³-hybridized carbons (Fsp3) is 0.179. The summed E-state index contributed by atoms with van der Waals surface area (Å²) in [5, 5.41) is 4.87. The molecule has 35 heavy (non-hydrogen) atoms. The smallest absolute Gasteiger partial charge is 0.131 e. The molecule has 0 bridgehead atoms. The first-order chi connectivity index (χ1) is 17.1. The van der Waals surface area contributed by atoms with Crippen LogP contribution in [0.3, 0.4) is 0 Å². The number of hydrogen-bond acceptors (Lipinski definition) is 6. The number of benzene rings is 3. The van der Waals surface area contributed by atoms with Gasteiger partial charge in [0.2, 0.25) is 0 Å². The van der Waals surface area contributed by atoms with E-state index in [1.165, 1.54) is 0 Å². The molecule has 1 aromatic heterocycles. The summed E-state index contributed by atoms with van der Waals surface area (Å²) in [6.07, 6.45) is 3.91. The zero-order valence-electron chi connectivity index (χ0n) is 20.4. The second-order valence-electron chi connectivity index (χ2n) is 7.57. The van der Waals surface area contributed by atoms with E-state index < -0.39 is 0 Å². The van der Waals surface area contributed by atoms with Crippen molar-refractivity contribution in [1.82, 2.24) is 9.78 Å². The van der Waals surface area contributed by atoms with Crippen LogP contribution >= 0.6 is 0 Å². The van der Waals surface area contributed by atoms with Crippen molar-refractivity contribution < 1.29 is 23.7 Å². The minimum atomic E-state index is 0.686. The standard InChI is InChI=1S/C28H28N2O5/c1-31-22-12-9-21(10-13-22)30-26(25-15-14-24(33-3)18-28(25)35-5)16-20(29-30)8-6-19-7-11-23(32-2)17-27(19)34-4/h6-18H,1-5H3. The molecule has 4 rings (SSSR count).